The van der Waals surface area contributed by atoms with Crippen LogP contribution in [0, 0.1) is 11.3 Å². The van der Waals surface area contributed by atoms with Gasteiger partial charge in [0.05, 0.1) is 5.56 Å². The van der Waals surface area contributed by atoms with Crippen molar-refractivity contribution in [2.24, 2.45) is 0 Å². The summed E-state index contributed by atoms with van der Waals surface area (Å²) in [7, 11) is 0. The van der Waals surface area contributed by atoms with Crippen LogP contribution >= 0.6 is 0 Å². The SMILES string of the molecule is CC(C)N(CCNC(=O)c1ccc(C#N)cn1)C(C)C. The van der Waals surface area contributed by atoms with Gasteiger partial charge in [-0.3, -0.25) is 9.69 Å². The predicted octanol–water partition coefficient (Wildman–Crippen LogP) is 1.80. The maximum absolute atomic E-state index is 11.9. The molecule has 0 bridgehead atoms. The number of nitriles is 1. The van der Waals surface area contributed by atoms with E-state index in [2.05, 4.69) is 42.9 Å². The molecule has 0 radical (unpaired) electrons. The van der Waals surface area contributed by atoms with E-state index in [1.165, 1.54) is 6.20 Å². The third kappa shape index (κ3) is 4.63. The highest BCUT2D eigenvalue weighted by Gasteiger charge is 2.13. The van der Waals surface area contributed by atoms with Crippen molar-refractivity contribution >= 4 is 5.91 Å². The Labute approximate surface area is 120 Å². The van der Waals surface area contributed by atoms with Gasteiger partial charge in [0, 0.05) is 31.4 Å². The summed E-state index contributed by atoms with van der Waals surface area (Å²) in [6.07, 6.45) is 1.41. The molecule has 1 N–H and O–H groups in total. The van der Waals surface area contributed by atoms with Crippen LogP contribution < -0.4 is 5.32 Å². The Morgan fingerprint density at radius 2 is 2.00 bits per heavy atom. The Kier molecular flexibility index (Phi) is 6.13. The zero-order chi connectivity index (χ0) is 15.1. The summed E-state index contributed by atoms with van der Waals surface area (Å²) in [6.45, 7) is 9.95. The summed E-state index contributed by atoms with van der Waals surface area (Å²) in [5.74, 6) is -0.207. The van der Waals surface area contributed by atoms with Gasteiger partial charge >= 0.3 is 0 Å². The first kappa shape index (κ1) is 16.1. The molecule has 1 aromatic heterocycles. The molecule has 0 saturated heterocycles. The van der Waals surface area contributed by atoms with Crippen LogP contribution in [0.1, 0.15) is 43.7 Å². The molecule has 0 aromatic carbocycles. The fraction of sp³-hybridized carbons (Fsp3) is 0.533. The molecule has 1 aromatic rings. The van der Waals surface area contributed by atoms with E-state index < -0.39 is 0 Å². The standard InChI is InChI=1S/C15H22N4O/c1-11(2)19(12(3)4)8-7-17-15(20)14-6-5-13(9-16)10-18-14/h5-6,10-12H,7-8H2,1-4H3,(H,17,20). The first-order valence-electron chi connectivity index (χ1n) is 6.85. The number of carbonyl (C=O) groups is 1. The van der Waals surface area contributed by atoms with E-state index in [-0.39, 0.29) is 5.91 Å². The molecule has 0 aliphatic heterocycles. The van der Waals surface area contributed by atoms with Crippen molar-refractivity contribution < 1.29 is 4.79 Å². The Bertz CT molecular complexity index is 466. The molecule has 108 valence electrons. The fourth-order valence-corrected chi connectivity index (χ4v) is 2.10. The first-order valence-corrected chi connectivity index (χ1v) is 6.85. The minimum atomic E-state index is -0.207. The molecular formula is C15H22N4O. The van der Waals surface area contributed by atoms with Gasteiger partial charge in [0.15, 0.2) is 0 Å². The van der Waals surface area contributed by atoms with E-state index in [0.29, 0.717) is 29.9 Å². The number of hydrogen-bond donors (Lipinski definition) is 1. The van der Waals surface area contributed by atoms with Gasteiger partial charge in [0.2, 0.25) is 0 Å². The number of pyridine rings is 1. The lowest BCUT2D eigenvalue weighted by Crippen LogP contribution is -2.42. The van der Waals surface area contributed by atoms with Crippen LogP contribution in [0.2, 0.25) is 0 Å². The molecule has 0 atom stereocenters. The van der Waals surface area contributed by atoms with Crippen molar-refractivity contribution in [1.29, 1.82) is 5.26 Å². The molecule has 0 saturated carbocycles. The van der Waals surface area contributed by atoms with Crippen molar-refractivity contribution in [1.82, 2.24) is 15.2 Å². The van der Waals surface area contributed by atoms with Crippen LogP contribution in [0.5, 0.6) is 0 Å². The van der Waals surface area contributed by atoms with E-state index in [0.717, 1.165) is 6.54 Å². The van der Waals surface area contributed by atoms with E-state index in [1.54, 1.807) is 12.1 Å². The summed E-state index contributed by atoms with van der Waals surface area (Å²) in [4.78, 5) is 18.2. The molecule has 0 aliphatic rings. The minimum absolute atomic E-state index is 0.207. The Balaban J connectivity index is 2.48. The molecule has 5 heteroatoms. The summed E-state index contributed by atoms with van der Waals surface area (Å²) >= 11 is 0. The molecular weight excluding hydrogens is 252 g/mol. The largest absolute Gasteiger partial charge is 0.349 e. The van der Waals surface area contributed by atoms with Crippen molar-refractivity contribution in [3.63, 3.8) is 0 Å². The predicted molar refractivity (Wildman–Crippen MR) is 78.3 cm³/mol. The van der Waals surface area contributed by atoms with Gasteiger partial charge in [-0.2, -0.15) is 5.26 Å². The number of nitrogens with zero attached hydrogens (tertiary/aromatic N) is 3. The third-order valence-electron chi connectivity index (χ3n) is 3.11. The molecule has 0 aliphatic carbocycles. The minimum Gasteiger partial charge on any atom is -0.349 e. The normalized spacial score (nSPS) is 10.9. The number of aromatic nitrogens is 1. The zero-order valence-corrected chi connectivity index (χ0v) is 12.6. The van der Waals surface area contributed by atoms with Crippen molar-refractivity contribution in [3.8, 4) is 6.07 Å². The average molecular weight is 274 g/mol. The highest BCUT2D eigenvalue weighted by molar-refractivity contribution is 5.92. The average Bonchev–Trinajstić information content (AvgIpc) is 2.42. The van der Waals surface area contributed by atoms with E-state index in [4.69, 9.17) is 5.26 Å². The van der Waals surface area contributed by atoms with Gasteiger partial charge in [-0.25, -0.2) is 4.98 Å². The Hall–Kier alpha value is -1.93. The highest BCUT2D eigenvalue weighted by atomic mass is 16.1. The van der Waals surface area contributed by atoms with E-state index in [1.807, 2.05) is 6.07 Å². The number of hydrogen-bond acceptors (Lipinski definition) is 4. The topological polar surface area (TPSA) is 69.0 Å². The van der Waals surface area contributed by atoms with Gasteiger partial charge in [0.1, 0.15) is 11.8 Å². The molecule has 0 fully saturated rings. The number of nitrogens with one attached hydrogen (secondary N) is 1. The van der Waals surface area contributed by atoms with Crippen LogP contribution in [0.3, 0.4) is 0 Å². The lowest BCUT2D eigenvalue weighted by atomic mass is 10.2. The number of rotatable bonds is 6. The zero-order valence-electron chi connectivity index (χ0n) is 12.6. The van der Waals surface area contributed by atoms with Gasteiger partial charge in [-0.1, -0.05) is 0 Å². The molecule has 1 heterocycles. The number of carbonyl (C=O) groups excluding carboxylic acids is 1. The Morgan fingerprint density at radius 1 is 1.35 bits per heavy atom. The van der Waals surface area contributed by atoms with Crippen molar-refractivity contribution in [3.05, 3.63) is 29.6 Å². The van der Waals surface area contributed by atoms with E-state index >= 15 is 0 Å². The highest BCUT2D eigenvalue weighted by Crippen LogP contribution is 2.03. The van der Waals surface area contributed by atoms with Gasteiger partial charge < -0.3 is 5.32 Å². The second-order valence-electron chi connectivity index (χ2n) is 5.23. The van der Waals surface area contributed by atoms with Crippen molar-refractivity contribution in [2.75, 3.05) is 13.1 Å². The second kappa shape index (κ2) is 7.61. The number of amides is 1. The Morgan fingerprint density at radius 3 is 2.45 bits per heavy atom. The maximum Gasteiger partial charge on any atom is 0.269 e. The molecule has 1 amide bonds. The van der Waals surface area contributed by atoms with Crippen LogP contribution in [-0.4, -0.2) is 41.0 Å². The fourth-order valence-electron chi connectivity index (χ4n) is 2.10. The van der Waals surface area contributed by atoms with Gasteiger partial charge in [-0.05, 0) is 39.8 Å². The lowest BCUT2D eigenvalue weighted by molar-refractivity contribution is 0.0934. The smallest absolute Gasteiger partial charge is 0.269 e. The summed E-state index contributed by atoms with van der Waals surface area (Å²) in [5, 5.41) is 11.5. The van der Waals surface area contributed by atoms with Crippen molar-refractivity contribution in [2.45, 2.75) is 39.8 Å². The maximum atomic E-state index is 11.9. The molecule has 0 unspecified atom stereocenters. The quantitative estimate of drug-likeness (QED) is 0.859. The summed E-state index contributed by atoms with van der Waals surface area (Å²) in [5.41, 5.74) is 0.789. The lowest BCUT2D eigenvalue weighted by Gasteiger charge is -2.30. The monoisotopic (exact) mass is 274 g/mol. The van der Waals surface area contributed by atoms with Gasteiger partial charge in [-0.15, -0.1) is 0 Å². The van der Waals surface area contributed by atoms with E-state index in [9.17, 15) is 4.79 Å². The molecule has 20 heavy (non-hydrogen) atoms. The molecule has 5 nitrogen and oxygen atoms in total. The van der Waals surface area contributed by atoms with Crippen LogP contribution in [-0.2, 0) is 0 Å². The van der Waals surface area contributed by atoms with Crippen LogP contribution in [0.25, 0.3) is 0 Å². The second-order valence-corrected chi connectivity index (χ2v) is 5.23. The summed E-state index contributed by atoms with van der Waals surface area (Å²) in [6, 6.07) is 6.02. The molecule has 0 spiro atoms. The first-order chi connectivity index (χ1) is 9.45. The third-order valence-corrected chi connectivity index (χ3v) is 3.11. The molecule has 1 rings (SSSR count). The van der Waals surface area contributed by atoms with Crippen LogP contribution in [0.15, 0.2) is 18.3 Å². The summed E-state index contributed by atoms with van der Waals surface area (Å²) < 4.78 is 0. The van der Waals surface area contributed by atoms with Crippen LogP contribution in [0.4, 0.5) is 0 Å². The van der Waals surface area contributed by atoms with Gasteiger partial charge in [0.25, 0.3) is 5.91 Å².